The Bertz CT molecular complexity index is 1110. The summed E-state index contributed by atoms with van der Waals surface area (Å²) in [5, 5.41) is 2.86. The van der Waals surface area contributed by atoms with E-state index in [2.05, 4.69) is 10.0 Å². The second kappa shape index (κ2) is 7.37. The van der Waals surface area contributed by atoms with E-state index in [-0.39, 0.29) is 27.3 Å². The summed E-state index contributed by atoms with van der Waals surface area (Å²) in [4.78, 5) is 12.1. The lowest BCUT2D eigenvalue weighted by molar-refractivity contribution is -0.110. The van der Waals surface area contributed by atoms with Gasteiger partial charge in [0.05, 0.1) is 24.1 Å². The molecule has 7 nitrogen and oxygen atoms in total. The summed E-state index contributed by atoms with van der Waals surface area (Å²) in [7, 11) is -1.13. The molecule has 2 N–H and O–H groups in total. The molecule has 0 aliphatic carbocycles. The molecule has 0 radical (unpaired) electrons. The third kappa shape index (κ3) is 3.53. The van der Waals surface area contributed by atoms with Crippen LogP contribution in [0, 0.1) is 0 Å². The smallest absolute Gasteiger partial charge is 0.262 e. The molecule has 0 unspecified atom stereocenters. The quantitative estimate of drug-likeness (QED) is 0.712. The van der Waals surface area contributed by atoms with Crippen molar-refractivity contribution in [2.24, 2.45) is 0 Å². The lowest BCUT2D eigenvalue weighted by Crippen LogP contribution is -2.14. The molecule has 2 aromatic carbocycles. The van der Waals surface area contributed by atoms with Crippen molar-refractivity contribution in [3.05, 3.63) is 46.5 Å². The Labute approximate surface area is 168 Å². The number of halogens is 1. The van der Waals surface area contributed by atoms with Crippen LogP contribution >= 0.6 is 11.6 Å². The minimum atomic E-state index is -3.99. The molecule has 0 aromatic heterocycles. The lowest BCUT2D eigenvalue weighted by Gasteiger charge is -2.15. The second-order valence-corrected chi connectivity index (χ2v) is 8.42. The largest absolute Gasteiger partial charge is 0.497 e. The summed E-state index contributed by atoms with van der Waals surface area (Å²) < 4.78 is 38.7. The maximum atomic E-state index is 13.0. The van der Waals surface area contributed by atoms with E-state index in [0.29, 0.717) is 22.6 Å². The van der Waals surface area contributed by atoms with Gasteiger partial charge in [0.25, 0.3) is 15.9 Å². The number of hydrogen-bond acceptors (Lipinski definition) is 5. The highest BCUT2D eigenvalue weighted by atomic mass is 35.5. The second-order valence-electron chi connectivity index (χ2n) is 6.33. The van der Waals surface area contributed by atoms with Crippen LogP contribution in [-0.2, 0) is 14.8 Å². The van der Waals surface area contributed by atoms with Gasteiger partial charge in [-0.25, -0.2) is 8.42 Å². The van der Waals surface area contributed by atoms with E-state index in [1.54, 1.807) is 19.9 Å². The Morgan fingerprint density at radius 3 is 2.43 bits per heavy atom. The minimum Gasteiger partial charge on any atom is -0.497 e. The third-order valence-corrected chi connectivity index (χ3v) is 5.91. The number of nitrogens with one attached hydrogen (secondary N) is 2. The van der Waals surface area contributed by atoms with Crippen LogP contribution in [0.4, 0.5) is 11.4 Å². The predicted octanol–water partition coefficient (Wildman–Crippen LogP) is 3.90. The van der Waals surface area contributed by atoms with Crippen molar-refractivity contribution in [2.45, 2.75) is 18.7 Å². The number of allylic oxidation sites excluding steroid dienone is 1. The lowest BCUT2D eigenvalue weighted by atomic mass is 10.0. The summed E-state index contributed by atoms with van der Waals surface area (Å²) >= 11 is 6.21. The van der Waals surface area contributed by atoms with Crippen molar-refractivity contribution in [3.8, 4) is 11.5 Å². The van der Waals surface area contributed by atoms with Crippen LogP contribution in [0.15, 0.2) is 40.8 Å². The summed E-state index contributed by atoms with van der Waals surface area (Å²) in [5.74, 6) is 0.397. The number of ether oxygens (including phenoxy) is 2. The molecule has 0 spiro atoms. The first-order valence-electron chi connectivity index (χ1n) is 8.25. The zero-order valence-corrected chi connectivity index (χ0v) is 17.3. The van der Waals surface area contributed by atoms with E-state index < -0.39 is 10.0 Å². The molecule has 1 aliphatic heterocycles. The van der Waals surface area contributed by atoms with Gasteiger partial charge in [-0.1, -0.05) is 17.2 Å². The zero-order chi connectivity index (χ0) is 20.6. The van der Waals surface area contributed by atoms with Crippen molar-refractivity contribution >= 4 is 44.5 Å². The standard InChI is InChI=1S/C19H19ClN2O5S/c1-10(2)17-13-9-12(5-6-15(13)21-19(17)23)28(24,25)22-18-14(20)7-11(26-3)8-16(18)27-4/h5-9,22H,1-4H3,(H,21,23). The molecule has 0 fully saturated rings. The number of benzene rings is 2. The van der Waals surface area contributed by atoms with Gasteiger partial charge in [0, 0.05) is 29.0 Å². The fourth-order valence-corrected chi connectivity index (χ4v) is 4.36. The number of carbonyl (C=O) groups is 1. The first-order valence-corrected chi connectivity index (χ1v) is 10.1. The van der Waals surface area contributed by atoms with Crippen molar-refractivity contribution in [1.29, 1.82) is 0 Å². The van der Waals surface area contributed by atoms with E-state index in [0.717, 1.165) is 5.57 Å². The van der Waals surface area contributed by atoms with Gasteiger partial charge in [0.15, 0.2) is 0 Å². The topological polar surface area (TPSA) is 93.7 Å². The van der Waals surface area contributed by atoms with Crippen molar-refractivity contribution < 1.29 is 22.7 Å². The van der Waals surface area contributed by atoms with Crippen LogP contribution < -0.4 is 19.5 Å². The van der Waals surface area contributed by atoms with Gasteiger partial charge in [0.1, 0.15) is 17.2 Å². The van der Waals surface area contributed by atoms with Gasteiger partial charge in [-0.05, 0) is 32.0 Å². The maximum Gasteiger partial charge on any atom is 0.262 e. The normalized spacial score (nSPS) is 13.0. The number of carbonyl (C=O) groups excluding carboxylic acids is 1. The summed E-state index contributed by atoms with van der Waals surface area (Å²) in [5.41, 5.74) is 2.47. The number of methoxy groups -OCH3 is 2. The van der Waals surface area contributed by atoms with Gasteiger partial charge >= 0.3 is 0 Å². The van der Waals surface area contributed by atoms with Gasteiger partial charge in [0.2, 0.25) is 0 Å². The third-order valence-electron chi connectivity index (χ3n) is 4.27. The molecule has 28 heavy (non-hydrogen) atoms. The Morgan fingerprint density at radius 1 is 1.11 bits per heavy atom. The summed E-state index contributed by atoms with van der Waals surface area (Å²) in [6, 6.07) is 7.44. The van der Waals surface area contributed by atoms with Crippen LogP contribution in [0.25, 0.3) is 5.57 Å². The van der Waals surface area contributed by atoms with Crippen molar-refractivity contribution in [3.63, 3.8) is 0 Å². The van der Waals surface area contributed by atoms with Crippen LogP contribution in [0.2, 0.25) is 5.02 Å². The molecule has 1 amide bonds. The highest BCUT2D eigenvalue weighted by Gasteiger charge is 2.28. The Kier molecular flexibility index (Phi) is 5.27. The highest BCUT2D eigenvalue weighted by molar-refractivity contribution is 7.92. The maximum absolute atomic E-state index is 13.0. The number of anilines is 2. The van der Waals surface area contributed by atoms with Crippen molar-refractivity contribution in [1.82, 2.24) is 0 Å². The Morgan fingerprint density at radius 2 is 1.82 bits per heavy atom. The van der Waals surface area contributed by atoms with Crippen LogP contribution in [0.1, 0.15) is 19.4 Å². The van der Waals surface area contributed by atoms with E-state index in [1.165, 1.54) is 38.5 Å². The van der Waals surface area contributed by atoms with Gasteiger partial charge < -0.3 is 14.8 Å². The highest BCUT2D eigenvalue weighted by Crippen LogP contribution is 2.39. The molecular formula is C19H19ClN2O5S. The minimum absolute atomic E-state index is 0.00422. The first kappa shape index (κ1) is 20.0. The van der Waals surface area contributed by atoms with E-state index in [4.69, 9.17) is 21.1 Å². The SMILES string of the molecule is COc1cc(Cl)c(NS(=O)(=O)c2ccc3c(c2)C(=C(C)C)C(=O)N3)c(OC)c1. The molecule has 0 saturated carbocycles. The number of hydrogen-bond donors (Lipinski definition) is 2. The summed E-state index contributed by atoms with van der Waals surface area (Å²) in [6.07, 6.45) is 0. The van der Waals surface area contributed by atoms with Gasteiger partial charge in [-0.2, -0.15) is 0 Å². The average Bonchev–Trinajstić information content (AvgIpc) is 2.97. The molecule has 3 rings (SSSR count). The number of sulfonamides is 1. The molecule has 148 valence electrons. The van der Waals surface area contributed by atoms with Crippen molar-refractivity contribution in [2.75, 3.05) is 24.3 Å². The average molecular weight is 423 g/mol. The zero-order valence-electron chi connectivity index (χ0n) is 15.7. The molecule has 1 heterocycles. The molecule has 1 aliphatic rings. The number of amides is 1. The Balaban J connectivity index is 2.05. The first-order chi connectivity index (χ1) is 13.2. The number of rotatable bonds is 5. The van der Waals surface area contributed by atoms with Crippen LogP contribution in [-0.4, -0.2) is 28.5 Å². The predicted molar refractivity (Wildman–Crippen MR) is 109 cm³/mol. The monoisotopic (exact) mass is 422 g/mol. The van der Waals surface area contributed by atoms with E-state index >= 15 is 0 Å². The summed E-state index contributed by atoms with van der Waals surface area (Å²) in [6.45, 7) is 3.59. The fourth-order valence-electron chi connectivity index (χ4n) is 2.94. The molecular weight excluding hydrogens is 404 g/mol. The Hall–Kier alpha value is -2.71. The van der Waals surface area contributed by atoms with E-state index in [9.17, 15) is 13.2 Å². The molecule has 2 aromatic rings. The molecule has 0 bridgehead atoms. The van der Waals surface area contributed by atoms with Gasteiger partial charge in [-0.3, -0.25) is 9.52 Å². The molecule has 9 heteroatoms. The van der Waals surface area contributed by atoms with Gasteiger partial charge in [-0.15, -0.1) is 0 Å². The van der Waals surface area contributed by atoms with E-state index in [1.807, 2.05) is 0 Å². The fraction of sp³-hybridized carbons (Fsp3) is 0.211. The molecule has 0 saturated heterocycles. The van der Waals surface area contributed by atoms with Crippen LogP contribution in [0.5, 0.6) is 11.5 Å². The van der Waals surface area contributed by atoms with Crippen LogP contribution in [0.3, 0.4) is 0 Å². The molecule has 0 atom stereocenters. The number of fused-ring (bicyclic) bond motifs is 1.